The molecule has 2 aromatic carbocycles. The van der Waals surface area contributed by atoms with Crippen LogP contribution in [0.15, 0.2) is 30.6 Å². The zero-order valence-electron chi connectivity index (χ0n) is 12.7. The van der Waals surface area contributed by atoms with Crippen molar-refractivity contribution in [1.29, 1.82) is 0 Å². The molecule has 0 saturated carbocycles. The van der Waals surface area contributed by atoms with E-state index in [0.717, 1.165) is 16.6 Å². The van der Waals surface area contributed by atoms with Crippen molar-refractivity contribution in [3.8, 4) is 0 Å². The van der Waals surface area contributed by atoms with Gasteiger partial charge in [-0.05, 0) is 49.2 Å². The van der Waals surface area contributed by atoms with Gasteiger partial charge >= 0.3 is 0 Å². The van der Waals surface area contributed by atoms with Gasteiger partial charge in [-0.1, -0.05) is 11.6 Å². The van der Waals surface area contributed by atoms with Crippen molar-refractivity contribution in [3.05, 3.63) is 58.1 Å². The van der Waals surface area contributed by atoms with Crippen LogP contribution in [0.25, 0.3) is 10.9 Å². The minimum atomic E-state index is -0.418. The highest BCUT2D eigenvalue weighted by atomic mass is 35.5. The first kappa shape index (κ1) is 15.6. The van der Waals surface area contributed by atoms with Gasteiger partial charge in [0.15, 0.2) is 5.82 Å². The molecule has 1 aromatic heterocycles. The zero-order chi connectivity index (χ0) is 16.6. The minimum Gasteiger partial charge on any atom is -0.392 e. The molecular weight excluding hydrogens is 317 g/mol. The number of rotatable bonds is 3. The molecule has 0 atom stereocenters. The van der Waals surface area contributed by atoms with Gasteiger partial charge in [0, 0.05) is 16.0 Å². The smallest absolute Gasteiger partial charge is 0.151 e. The maximum atomic E-state index is 14.3. The van der Waals surface area contributed by atoms with E-state index in [1.807, 2.05) is 19.1 Å². The first-order valence-electron chi connectivity index (χ1n) is 7.08. The number of anilines is 2. The Balaban J connectivity index is 2.12. The summed E-state index contributed by atoms with van der Waals surface area (Å²) in [6.07, 6.45) is 1.42. The standard InChI is InChI=1S/C17H15ClFN3O/c1-9-5-15-12(6-11(9)7-23)17(21-8-20-15)22-14-4-3-13(18)10(2)16(14)19/h3-6,8,23H,7H2,1-2H3,(H,20,21,22). The van der Waals surface area contributed by atoms with Crippen molar-refractivity contribution >= 4 is 34.0 Å². The molecule has 6 heteroatoms. The molecule has 0 bridgehead atoms. The number of hydrogen-bond donors (Lipinski definition) is 2. The molecule has 3 rings (SSSR count). The number of aromatic nitrogens is 2. The largest absolute Gasteiger partial charge is 0.392 e. The fourth-order valence-electron chi connectivity index (χ4n) is 2.41. The minimum absolute atomic E-state index is 0.0788. The molecule has 0 aliphatic carbocycles. The summed E-state index contributed by atoms with van der Waals surface area (Å²) in [7, 11) is 0. The summed E-state index contributed by atoms with van der Waals surface area (Å²) < 4.78 is 14.3. The topological polar surface area (TPSA) is 58.0 Å². The molecule has 23 heavy (non-hydrogen) atoms. The molecule has 0 unspecified atom stereocenters. The predicted octanol–water partition coefficient (Wildman–Crippen LogP) is 4.28. The highest BCUT2D eigenvalue weighted by Gasteiger charge is 2.12. The molecular formula is C17H15ClFN3O. The number of benzene rings is 2. The van der Waals surface area contributed by atoms with Crippen molar-refractivity contribution < 1.29 is 9.50 Å². The number of nitrogens with one attached hydrogen (secondary N) is 1. The third kappa shape index (κ3) is 2.85. The Bertz CT molecular complexity index is 899. The predicted molar refractivity (Wildman–Crippen MR) is 89.6 cm³/mol. The van der Waals surface area contributed by atoms with E-state index in [1.165, 1.54) is 6.33 Å². The average molecular weight is 332 g/mol. The van der Waals surface area contributed by atoms with Crippen LogP contribution in [-0.2, 0) is 6.61 Å². The molecule has 0 fully saturated rings. The van der Waals surface area contributed by atoms with Crippen molar-refractivity contribution in [3.63, 3.8) is 0 Å². The Kier molecular flexibility index (Phi) is 4.15. The molecule has 118 valence electrons. The second kappa shape index (κ2) is 6.10. The summed E-state index contributed by atoms with van der Waals surface area (Å²) in [5.41, 5.74) is 3.12. The normalized spacial score (nSPS) is 11.0. The van der Waals surface area contributed by atoms with E-state index in [1.54, 1.807) is 19.1 Å². The van der Waals surface area contributed by atoms with E-state index in [9.17, 15) is 9.50 Å². The van der Waals surface area contributed by atoms with Crippen molar-refractivity contribution in [2.45, 2.75) is 20.5 Å². The summed E-state index contributed by atoms with van der Waals surface area (Å²) in [4.78, 5) is 8.42. The van der Waals surface area contributed by atoms with E-state index in [2.05, 4.69) is 15.3 Å². The molecule has 0 spiro atoms. The number of aliphatic hydroxyl groups is 1. The van der Waals surface area contributed by atoms with Gasteiger partial charge in [0.05, 0.1) is 17.8 Å². The molecule has 0 radical (unpaired) electrons. The molecule has 0 aliphatic rings. The molecule has 0 aliphatic heterocycles. The number of fused-ring (bicyclic) bond motifs is 1. The number of aryl methyl sites for hydroxylation is 1. The van der Waals surface area contributed by atoms with Crippen LogP contribution in [-0.4, -0.2) is 15.1 Å². The number of nitrogens with zero attached hydrogens (tertiary/aromatic N) is 2. The Morgan fingerprint density at radius 3 is 2.74 bits per heavy atom. The second-order valence-corrected chi connectivity index (χ2v) is 5.74. The zero-order valence-corrected chi connectivity index (χ0v) is 13.4. The highest BCUT2D eigenvalue weighted by molar-refractivity contribution is 6.31. The van der Waals surface area contributed by atoms with Crippen LogP contribution >= 0.6 is 11.6 Å². The quantitative estimate of drug-likeness (QED) is 0.752. The fourth-order valence-corrected chi connectivity index (χ4v) is 2.55. The molecule has 3 aromatic rings. The Hall–Kier alpha value is -2.24. The summed E-state index contributed by atoms with van der Waals surface area (Å²) >= 11 is 5.92. The van der Waals surface area contributed by atoms with Crippen LogP contribution in [0.3, 0.4) is 0 Å². The monoisotopic (exact) mass is 331 g/mol. The van der Waals surface area contributed by atoms with Gasteiger partial charge in [-0.3, -0.25) is 0 Å². The van der Waals surface area contributed by atoms with E-state index in [0.29, 0.717) is 21.8 Å². The van der Waals surface area contributed by atoms with Crippen molar-refractivity contribution in [1.82, 2.24) is 9.97 Å². The summed E-state index contributed by atoms with van der Waals surface area (Å²) in [6.45, 7) is 3.45. The van der Waals surface area contributed by atoms with E-state index >= 15 is 0 Å². The number of halogens is 2. The third-order valence-corrected chi connectivity index (χ3v) is 4.25. The first-order valence-corrected chi connectivity index (χ1v) is 7.45. The second-order valence-electron chi connectivity index (χ2n) is 5.34. The van der Waals surface area contributed by atoms with Gasteiger partial charge < -0.3 is 10.4 Å². The third-order valence-electron chi connectivity index (χ3n) is 3.84. The fraction of sp³-hybridized carbons (Fsp3) is 0.176. The maximum absolute atomic E-state index is 14.3. The van der Waals surface area contributed by atoms with Crippen molar-refractivity contribution in [2.24, 2.45) is 0 Å². The molecule has 2 N–H and O–H groups in total. The lowest BCUT2D eigenvalue weighted by molar-refractivity contribution is 0.281. The average Bonchev–Trinajstić information content (AvgIpc) is 2.55. The van der Waals surface area contributed by atoms with E-state index in [4.69, 9.17) is 11.6 Å². The number of aliphatic hydroxyl groups excluding tert-OH is 1. The van der Waals surface area contributed by atoms with Gasteiger partial charge in [-0.2, -0.15) is 0 Å². The molecule has 0 amide bonds. The lowest BCUT2D eigenvalue weighted by atomic mass is 10.1. The summed E-state index contributed by atoms with van der Waals surface area (Å²) in [5, 5.41) is 13.5. The molecule has 4 nitrogen and oxygen atoms in total. The van der Waals surface area contributed by atoms with Crippen LogP contribution < -0.4 is 5.32 Å². The van der Waals surface area contributed by atoms with E-state index < -0.39 is 5.82 Å². The maximum Gasteiger partial charge on any atom is 0.151 e. The van der Waals surface area contributed by atoms with Crippen LogP contribution in [0, 0.1) is 19.7 Å². The van der Waals surface area contributed by atoms with Crippen LogP contribution in [0.2, 0.25) is 5.02 Å². The van der Waals surface area contributed by atoms with Crippen molar-refractivity contribution in [2.75, 3.05) is 5.32 Å². The molecule has 0 saturated heterocycles. The van der Waals surface area contributed by atoms with Crippen LogP contribution in [0.4, 0.5) is 15.9 Å². The Labute approximate surface area is 138 Å². The highest BCUT2D eigenvalue weighted by Crippen LogP contribution is 2.30. The van der Waals surface area contributed by atoms with Gasteiger partial charge in [0.1, 0.15) is 12.1 Å². The van der Waals surface area contributed by atoms with E-state index in [-0.39, 0.29) is 12.3 Å². The SMILES string of the molecule is Cc1cc2ncnc(Nc3ccc(Cl)c(C)c3F)c2cc1CO. The van der Waals surface area contributed by atoms with Crippen LogP contribution in [0.5, 0.6) is 0 Å². The first-order chi connectivity index (χ1) is 11.0. The Morgan fingerprint density at radius 1 is 1.22 bits per heavy atom. The van der Waals surface area contributed by atoms with Gasteiger partial charge in [-0.25, -0.2) is 14.4 Å². The molecule has 1 heterocycles. The summed E-state index contributed by atoms with van der Waals surface area (Å²) in [5.74, 6) is 0.0593. The lowest BCUT2D eigenvalue weighted by Gasteiger charge is -2.12. The Morgan fingerprint density at radius 2 is 2.00 bits per heavy atom. The van der Waals surface area contributed by atoms with Gasteiger partial charge in [0.25, 0.3) is 0 Å². The summed E-state index contributed by atoms with van der Waals surface area (Å²) in [6, 6.07) is 6.89. The van der Waals surface area contributed by atoms with Gasteiger partial charge in [0.2, 0.25) is 0 Å². The lowest BCUT2D eigenvalue weighted by Crippen LogP contribution is -2.01. The van der Waals surface area contributed by atoms with Crippen LogP contribution in [0.1, 0.15) is 16.7 Å². The van der Waals surface area contributed by atoms with Gasteiger partial charge in [-0.15, -0.1) is 0 Å². The number of hydrogen-bond acceptors (Lipinski definition) is 4.